The molecular formula is C14H15N5O3S. The minimum absolute atomic E-state index is 0.110. The van der Waals surface area contributed by atoms with E-state index in [1.807, 2.05) is 17.5 Å². The third-order valence-electron chi connectivity index (χ3n) is 3.39. The number of carbonyl (C=O) groups is 1. The number of H-pyrrole nitrogens is 1. The molecule has 3 heterocycles. The maximum Gasteiger partial charge on any atom is 0.303 e. The number of nitrogens with one attached hydrogen (secondary N) is 2. The molecule has 9 heteroatoms. The van der Waals surface area contributed by atoms with Crippen LogP contribution in [0.5, 0.6) is 0 Å². The van der Waals surface area contributed by atoms with Crippen molar-refractivity contribution in [2.45, 2.75) is 26.3 Å². The lowest BCUT2D eigenvalue weighted by atomic mass is 10.1. The van der Waals surface area contributed by atoms with E-state index in [1.54, 1.807) is 18.3 Å². The summed E-state index contributed by atoms with van der Waals surface area (Å²) in [7, 11) is 0. The zero-order valence-electron chi connectivity index (χ0n) is 12.4. The molecule has 0 radical (unpaired) electrons. The molecule has 23 heavy (non-hydrogen) atoms. The van der Waals surface area contributed by atoms with Crippen LogP contribution >= 0.6 is 11.3 Å². The van der Waals surface area contributed by atoms with Crippen molar-refractivity contribution in [3.8, 4) is 0 Å². The Bertz CT molecular complexity index is 897. The molecule has 0 atom stereocenters. The van der Waals surface area contributed by atoms with Gasteiger partial charge in [-0.2, -0.15) is 9.50 Å². The lowest BCUT2D eigenvalue weighted by Crippen LogP contribution is -2.22. The topological polar surface area (TPSA) is 112 Å². The normalized spacial score (nSPS) is 11.0. The Labute approximate surface area is 134 Å². The summed E-state index contributed by atoms with van der Waals surface area (Å²) in [6, 6.07) is 3.96. The van der Waals surface area contributed by atoms with E-state index in [4.69, 9.17) is 5.11 Å². The first-order chi connectivity index (χ1) is 11.0. The van der Waals surface area contributed by atoms with Crippen molar-refractivity contribution in [3.05, 3.63) is 44.0 Å². The maximum absolute atomic E-state index is 12.4. The van der Waals surface area contributed by atoms with Crippen LogP contribution in [0.15, 0.2) is 22.3 Å². The number of rotatable bonds is 6. The predicted octanol–water partition coefficient (Wildman–Crippen LogP) is 1.42. The summed E-state index contributed by atoms with van der Waals surface area (Å²) < 4.78 is 1.24. The van der Waals surface area contributed by atoms with Gasteiger partial charge in [0, 0.05) is 16.9 Å². The molecule has 3 N–H and O–H groups in total. The number of aromatic nitrogens is 4. The van der Waals surface area contributed by atoms with Crippen molar-refractivity contribution < 1.29 is 9.90 Å². The third-order valence-corrected chi connectivity index (χ3v) is 4.27. The third kappa shape index (κ3) is 3.24. The molecule has 0 aliphatic heterocycles. The number of hydrogen-bond donors (Lipinski definition) is 3. The van der Waals surface area contributed by atoms with Crippen LogP contribution in [0.1, 0.15) is 22.6 Å². The van der Waals surface area contributed by atoms with Gasteiger partial charge in [-0.3, -0.25) is 14.7 Å². The highest BCUT2D eigenvalue weighted by molar-refractivity contribution is 7.09. The summed E-state index contributed by atoms with van der Waals surface area (Å²) in [5.74, 6) is -0.241. The van der Waals surface area contributed by atoms with Crippen molar-refractivity contribution in [1.29, 1.82) is 0 Å². The summed E-state index contributed by atoms with van der Waals surface area (Å²) in [5.41, 5.74) is 0.580. The smallest absolute Gasteiger partial charge is 0.303 e. The molecule has 3 aromatic rings. The average molecular weight is 333 g/mol. The van der Waals surface area contributed by atoms with Gasteiger partial charge in [0.1, 0.15) is 0 Å². The van der Waals surface area contributed by atoms with Gasteiger partial charge in [-0.05, 0) is 24.8 Å². The summed E-state index contributed by atoms with van der Waals surface area (Å²) >= 11 is 1.62. The minimum Gasteiger partial charge on any atom is -0.481 e. The number of aryl methyl sites for hydroxylation is 1. The number of thiophene rings is 1. The number of hydrogen-bond acceptors (Lipinski definition) is 6. The number of nitrogens with zero attached hydrogens (tertiary/aromatic N) is 3. The van der Waals surface area contributed by atoms with Gasteiger partial charge in [0.25, 0.3) is 11.3 Å². The monoisotopic (exact) mass is 333 g/mol. The standard InChI is InChI=1S/C14H15N5O3S/c1-8-10(4-5-11(20)21)12(22)19-14(16-8)17-13(18-19)15-7-9-3-2-6-23-9/h2-3,6H,4-5,7H2,1H3,(H,20,21)(H2,15,16,17,18). The fourth-order valence-electron chi connectivity index (χ4n) is 2.24. The number of aliphatic carboxylic acids is 1. The highest BCUT2D eigenvalue weighted by atomic mass is 32.1. The zero-order chi connectivity index (χ0) is 16.4. The second-order valence-electron chi connectivity index (χ2n) is 5.02. The van der Waals surface area contributed by atoms with E-state index in [-0.39, 0.29) is 24.2 Å². The molecule has 0 fully saturated rings. The van der Waals surface area contributed by atoms with E-state index < -0.39 is 5.97 Å². The van der Waals surface area contributed by atoms with Gasteiger partial charge in [0.05, 0.1) is 12.2 Å². The van der Waals surface area contributed by atoms with Gasteiger partial charge < -0.3 is 10.4 Å². The van der Waals surface area contributed by atoms with E-state index in [9.17, 15) is 9.59 Å². The first kappa shape index (κ1) is 15.2. The molecule has 120 valence electrons. The van der Waals surface area contributed by atoms with Crippen LogP contribution < -0.4 is 10.9 Å². The number of fused-ring (bicyclic) bond motifs is 1. The van der Waals surface area contributed by atoms with Crippen molar-refractivity contribution >= 4 is 29.0 Å². The van der Waals surface area contributed by atoms with Crippen molar-refractivity contribution in [1.82, 2.24) is 19.6 Å². The van der Waals surface area contributed by atoms with Crippen LogP contribution in [0.4, 0.5) is 5.95 Å². The lowest BCUT2D eigenvalue weighted by molar-refractivity contribution is -0.136. The number of anilines is 1. The largest absolute Gasteiger partial charge is 0.481 e. The highest BCUT2D eigenvalue weighted by Gasteiger charge is 2.14. The Hall–Kier alpha value is -2.68. The Morgan fingerprint density at radius 3 is 3.00 bits per heavy atom. The maximum atomic E-state index is 12.4. The van der Waals surface area contributed by atoms with Gasteiger partial charge in [0.2, 0.25) is 5.95 Å². The Kier molecular flexibility index (Phi) is 4.11. The Morgan fingerprint density at radius 2 is 2.30 bits per heavy atom. The second kappa shape index (κ2) is 6.21. The number of carboxylic acids is 1. The quantitative estimate of drug-likeness (QED) is 0.629. The lowest BCUT2D eigenvalue weighted by Gasteiger charge is -2.02. The van der Waals surface area contributed by atoms with Crippen molar-refractivity contribution in [3.63, 3.8) is 0 Å². The fourth-order valence-corrected chi connectivity index (χ4v) is 2.88. The summed E-state index contributed by atoms with van der Waals surface area (Å²) in [6.07, 6.45) is 0.0361. The van der Waals surface area contributed by atoms with Crippen LogP contribution in [-0.4, -0.2) is 30.7 Å². The second-order valence-corrected chi connectivity index (χ2v) is 6.05. The van der Waals surface area contributed by atoms with Crippen LogP contribution in [0, 0.1) is 6.92 Å². The minimum atomic E-state index is -0.947. The van der Waals surface area contributed by atoms with Gasteiger partial charge >= 0.3 is 5.97 Å². The predicted molar refractivity (Wildman–Crippen MR) is 85.9 cm³/mol. The fraction of sp³-hybridized carbons (Fsp3) is 0.286. The van der Waals surface area contributed by atoms with Gasteiger partial charge in [-0.15, -0.1) is 11.3 Å². The van der Waals surface area contributed by atoms with Crippen LogP contribution in [0.2, 0.25) is 0 Å². The van der Waals surface area contributed by atoms with E-state index >= 15 is 0 Å². The average Bonchev–Trinajstić information content (AvgIpc) is 3.13. The molecule has 8 nitrogen and oxygen atoms in total. The molecule has 0 saturated heterocycles. The number of carboxylic acid groups (broad SMARTS) is 1. The molecule has 0 aliphatic rings. The molecule has 3 aromatic heterocycles. The van der Waals surface area contributed by atoms with Crippen LogP contribution in [0.3, 0.4) is 0 Å². The van der Waals surface area contributed by atoms with E-state index in [0.717, 1.165) is 4.88 Å². The summed E-state index contributed by atoms with van der Waals surface area (Å²) in [6.45, 7) is 2.28. The van der Waals surface area contributed by atoms with Gasteiger partial charge in [-0.1, -0.05) is 6.07 Å². The van der Waals surface area contributed by atoms with Crippen molar-refractivity contribution in [2.24, 2.45) is 0 Å². The first-order valence-corrected chi connectivity index (χ1v) is 7.89. The Balaban J connectivity index is 1.88. The van der Waals surface area contributed by atoms with E-state index in [2.05, 4.69) is 20.4 Å². The Morgan fingerprint density at radius 1 is 1.48 bits per heavy atom. The number of aromatic amines is 1. The summed E-state index contributed by atoms with van der Waals surface area (Å²) in [5, 5.41) is 16.7. The van der Waals surface area contributed by atoms with E-state index in [1.165, 1.54) is 4.52 Å². The molecule has 0 bridgehead atoms. The van der Waals surface area contributed by atoms with Gasteiger partial charge in [-0.25, -0.2) is 4.98 Å². The molecule has 0 unspecified atom stereocenters. The highest BCUT2D eigenvalue weighted by Crippen LogP contribution is 2.11. The zero-order valence-corrected chi connectivity index (χ0v) is 13.2. The van der Waals surface area contributed by atoms with Crippen molar-refractivity contribution in [2.75, 3.05) is 5.32 Å². The van der Waals surface area contributed by atoms with Crippen LogP contribution in [0.25, 0.3) is 5.78 Å². The van der Waals surface area contributed by atoms with E-state index in [0.29, 0.717) is 23.8 Å². The molecule has 0 aliphatic carbocycles. The molecule has 3 rings (SSSR count). The van der Waals surface area contributed by atoms with Crippen LogP contribution in [-0.2, 0) is 17.8 Å². The first-order valence-electron chi connectivity index (χ1n) is 7.01. The molecular weight excluding hydrogens is 318 g/mol. The summed E-state index contributed by atoms with van der Waals surface area (Å²) in [4.78, 5) is 32.8. The molecule has 0 saturated carbocycles. The molecule has 0 amide bonds. The molecule has 0 spiro atoms. The molecule has 0 aromatic carbocycles. The SMILES string of the molecule is Cc1nc2nc(NCc3cccs3)[nH]n2c(=O)c1CCC(=O)O. The van der Waals surface area contributed by atoms with Gasteiger partial charge in [0.15, 0.2) is 0 Å².